The summed E-state index contributed by atoms with van der Waals surface area (Å²) in [5.74, 6) is -0.105. The molecule has 5 nitrogen and oxygen atoms in total. The standard InChI is InChI=1S/C12H18N4OS/c1-15(2)6-7-16(3)12(17)10-5-4-9(8-14-10)11(13)18/h4-5,8H,6-7H2,1-3H3,(H2,13,18). The zero-order chi connectivity index (χ0) is 13.7. The zero-order valence-corrected chi connectivity index (χ0v) is 11.7. The van der Waals surface area contributed by atoms with Gasteiger partial charge in [-0.1, -0.05) is 12.2 Å². The van der Waals surface area contributed by atoms with Gasteiger partial charge in [-0.3, -0.25) is 9.78 Å². The predicted octanol–water partition coefficient (Wildman–Crippen LogP) is 0.349. The SMILES string of the molecule is CN(C)CCN(C)C(=O)c1ccc(C(N)=S)cn1. The number of rotatable bonds is 5. The van der Waals surface area contributed by atoms with Crippen molar-refractivity contribution in [3.63, 3.8) is 0 Å². The van der Waals surface area contributed by atoms with E-state index in [2.05, 4.69) is 4.98 Å². The van der Waals surface area contributed by atoms with Crippen LogP contribution in [0.15, 0.2) is 18.3 Å². The summed E-state index contributed by atoms with van der Waals surface area (Å²) in [5.41, 5.74) is 6.53. The maximum Gasteiger partial charge on any atom is 0.272 e. The summed E-state index contributed by atoms with van der Waals surface area (Å²) in [5, 5.41) is 0. The van der Waals surface area contributed by atoms with Crippen molar-refractivity contribution in [1.82, 2.24) is 14.8 Å². The molecule has 1 heterocycles. The highest BCUT2D eigenvalue weighted by Crippen LogP contribution is 2.03. The first kappa shape index (κ1) is 14.5. The molecule has 0 aliphatic heterocycles. The van der Waals surface area contributed by atoms with E-state index in [1.54, 1.807) is 24.1 Å². The average molecular weight is 266 g/mol. The van der Waals surface area contributed by atoms with Crippen LogP contribution in [0.25, 0.3) is 0 Å². The highest BCUT2D eigenvalue weighted by molar-refractivity contribution is 7.80. The number of hydrogen-bond donors (Lipinski definition) is 1. The van der Waals surface area contributed by atoms with E-state index in [-0.39, 0.29) is 10.9 Å². The van der Waals surface area contributed by atoms with Crippen LogP contribution >= 0.6 is 12.2 Å². The van der Waals surface area contributed by atoms with E-state index in [0.717, 1.165) is 6.54 Å². The number of carbonyl (C=O) groups is 1. The molecule has 0 fully saturated rings. The van der Waals surface area contributed by atoms with Crippen molar-refractivity contribution < 1.29 is 4.79 Å². The molecular weight excluding hydrogens is 248 g/mol. The number of pyridine rings is 1. The minimum atomic E-state index is -0.105. The lowest BCUT2D eigenvalue weighted by Crippen LogP contribution is -2.34. The molecule has 1 aromatic heterocycles. The lowest BCUT2D eigenvalue weighted by Gasteiger charge is -2.19. The van der Waals surface area contributed by atoms with Crippen molar-refractivity contribution in [1.29, 1.82) is 0 Å². The van der Waals surface area contributed by atoms with Crippen LogP contribution in [-0.4, -0.2) is 59.9 Å². The molecular formula is C12H18N4OS. The second-order valence-corrected chi connectivity index (χ2v) is 4.77. The Morgan fingerprint density at radius 2 is 2.00 bits per heavy atom. The molecule has 0 atom stereocenters. The molecule has 0 radical (unpaired) electrons. The molecule has 1 rings (SSSR count). The molecule has 0 aromatic carbocycles. The molecule has 1 amide bonds. The van der Waals surface area contributed by atoms with Crippen molar-refractivity contribution in [2.24, 2.45) is 5.73 Å². The van der Waals surface area contributed by atoms with Gasteiger partial charge in [0.15, 0.2) is 0 Å². The fourth-order valence-corrected chi connectivity index (χ4v) is 1.43. The van der Waals surface area contributed by atoms with E-state index in [1.807, 2.05) is 19.0 Å². The van der Waals surface area contributed by atoms with Gasteiger partial charge in [0.05, 0.1) is 0 Å². The van der Waals surface area contributed by atoms with E-state index in [9.17, 15) is 4.79 Å². The maximum absolute atomic E-state index is 12.0. The Bertz CT molecular complexity index is 430. The second kappa shape index (κ2) is 6.42. The van der Waals surface area contributed by atoms with Gasteiger partial charge >= 0.3 is 0 Å². The summed E-state index contributed by atoms with van der Waals surface area (Å²) in [6.45, 7) is 1.47. The third-order valence-electron chi connectivity index (χ3n) is 2.50. The van der Waals surface area contributed by atoms with Gasteiger partial charge < -0.3 is 15.5 Å². The predicted molar refractivity (Wildman–Crippen MR) is 75.6 cm³/mol. The molecule has 0 unspecified atom stereocenters. The summed E-state index contributed by atoms with van der Waals surface area (Å²) >= 11 is 4.83. The smallest absolute Gasteiger partial charge is 0.272 e. The van der Waals surface area contributed by atoms with E-state index in [1.165, 1.54) is 6.20 Å². The van der Waals surface area contributed by atoms with Crippen LogP contribution in [0.2, 0.25) is 0 Å². The number of likely N-dealkylation sites (N-methyl/N-ethyl adjacent to an activating group) is 2. The summed E-state index contributed by atoms with van der Waals surface area (Å²) in [6.07, 6.45) is 1.52. The zero-order valence-electron chi connectivity index (χ0n) is 10.9. The molecule has 0 aliphatic rings. The Kier molecular flexibility index (Phi) is 5.18. The minimum Gasteiger partial charge on any atom is -0.389 e. The van der Waals surface area contributed by atoms with Gasteiger partial charge in [-0.2, -0.15) is 0 Å². The number of amides is 1. The van der Waals surface area contributed by atoms with Gasteiger partial charge in [0.25, 0.3) is 5.91 Å². The molecule has 0 saturated heterocycles. The largest absolute Gasteiger partial charge is 0.389 e. The highest BCUT2D eigenvalue weighted by atomic mass is 32.1. The normalized spacial score (nSPS) is 10.4. The van der Waals surface area contributed by atoms with Crippen LogP contribution in [0, 0.1) is 0 Å². The van der Waals surface area contributed by atoms with Crippen molar-refractivity contribution in [2.75, 3.05) is 34.2 Å². The van der Waals surface area contributed by atoms with Crippen molar-refractivity contribution in [3.05, 3.63) is 29.6 Å². The Labute approximate surface area is 113 Å². The molecule has 0 saturated carbocycles. The van der Waals surface area contributed by atoms with Gasteiger partial charge in [0, 0.05) is 31.9 Å². The van der Waals surface area contributed by atoms with Crippen LogP contribution in [0.5, 0.6) is 0 Å². The first-order valence-electron chi connectivity index (χ1n) is 5.58. The van der Waals surface area contributed by atoms with E-state index in [4.69, 9.17) is 18.0 Å². The number of thiocarbonyl (C=S) groups is 1. The lowest BCUT2D eigenvalue weighted by atomic mass is 10.2. The van der Waals surface area contributed by atoms with E-state index >= 15 is 0 Å². The molecule has 0 bridgehead atoms. The number of carbonyl (C=O) groups excluding carboxylic acids is 1. The molecule has 2 N–H and O–H groups in total. The Morgan fingerprint density at radius 3 is 2.44 bits per heavy atom. The van der Waals surface area contributed by atoms with Crippen LogP contribution in [0.3, 0.4) is 0 Å². The minimum absolute atomic E-state index is 0.105. The van der Waals surface area contributed by atoms with Gasteiger partial charge in [-0.05, 0) is 26.2 Å². The molecule has 0 spiro atoms. The Balaban J connectivity index is 2.69. The first-order chi connectivity index (χ1) is 8.41. The van der Waals surface area contributed by atoms with Crippen molar-refractivity contribution in [2.45, 2.75) is 0 Å². The first-order valence-corrected chi connectivity index (χ1v) is 5.98. The molecule has 1 aromatic rings. The van der Waals surface area contributed by atoms with Gasteiger partial charge in [0.1, 0.15) is 10.7 Å². The summed E-state index contributed by atoms with van der Waals surface area (Å²) in [6, 6.07) is 3.35. The fraction of sp³-hybridized carbons (Fsp3) is 0.417. The van der Waals surface area contributed by atoms with Crippen LogP contribution in [-0.2, 0) is 0 Å². The number of hydrogen-bond acceptors (Lipinski definition) is 4. The van der Waals surface area contributed by atoms with Crippen molar-refractivity contribution >= 4 is 23.1 Å². The van der Waals surface area contributed by atoms with Crippen LogP contribution in [0.1, 0.15) is 16.1 Å². The third kappa shape index (κ3) is 4.05. The quantitative estimate of drug-likeness (QED) is 0.779. The van der Waals surface area contributed by atoms with Gasteiger partial charge in [-0.25, -0.2) is 0 Å². The highest BCUT2D eigenvalue weighted by Gasteiger charge is 2.13. The molecule has 18 heavy (non-hydrogen) atoms. The fourth-order valence-electron chi connectivity index (χ4n) is 1.31. The van der Waals surface area contributed by atoms with Crippen LogP contribution in [0.4, 0.5) is 0 Å². The molecule has 98 valence electrons. The number of nitrogens with zero attached hydrogens (tertiary/aromatic N) is 3. The van der Waals surface area contributed by atoms with Crippen LogP contribution < -0.4 is 5.73 Å². The maximum atomic E-state index is 12.0. The third-order valence-corrected chi connectivity index (χ3v) is 2.73. The van der Waals surface area contributed by atoms with Crippen molar-refractivity contribution in [3.8, 4) is 0 Å². The Morgan fingerprint density at radius 1 is 1.33 bits per heavy atom. The molecule has 6 heteroatoms. The summed E-state index contributed by atoms with van der Waals surface area (Å²) in [4.78, 5) is 20.0. The average Bonchev–Trinajstić information content (AvgIpc) is 2.35. The second-order valence-electron chi connectivity index (χ2n) is 4.33. The van der Waals surface area contributed by atoms with Gasteiger partial charge in [0.2, 0.25) is 0 Å². The Hall–Kier alpha value is -1.53. The number of nitrogens with two attached hydrogens (primary N) is 1. The number of aromatic nitrogens is 1. The van der Waals surface area contributed by atoms with E-state index < -0.39 is 0 Å². The van der Waals surface area contributed by atoms with Gasteiger partial charge in [-0.15, -0.1) is 0 Å². The topological polar surface area (TPSA) is 62.5 Å². The lowest BCUT2D eigenvalue weighted by molar-refractivity contribution is 0.0780. The van der Waals surface area contributed by atoms with E-state index in [0.29, 0.717) is 17.8 Å². The molecule has 0 aliphatic carbocycles. The summed E-state index contributed by atoms with van der Waals surface area (Å²) in [7, 11) is 5.69. The summed E-state index contributed by atoms with van der Waals surface area (Å²) < 4.78 is 0. The monoisotopic (exact) mass is 266 g/mol.